The first-order chi connectivity index (χ1) is 8.76. The Bertz CT molecular complexity index is 398. The van der Waals surface area contributed by atoms with Crippen molar-refractivity contribution in [1.82, 2.24) is 10.2 Å². The molecule has 100 valence electrons. The number of furan rings is 1. The molecule has 1 aliphatic heterocycles. The van der Waals surface area contributed by atoms with E-state index in [1.54, 1.807) is 12.3 Å². The lowest BCUT2D eigenvalue weighted by Gasteiger charge is -2.32. The number of hydrogen-bond acceptors (Lipinski definition) is 3. The molecule has 0 aliphatic carbocycles. The molecule has 1 atom stereocenters. The van der Waals surface area contributed by atoms with Gasteiger partial charge in [0.15, 0.2) is 0 Å². The Labute approximate surface area is 108 Å². The van der Waals surface area contributed by atoms with Crippen LogP contribution in [0.2, 0.25) is 0 Å². The Morgan fingerprint density at radius 1 is 1.61 bits per heavy atom. The van der Waals surface area contributed by atoms with Gasteiger partial charge >= 0.3 is 0 Å². The molecule has 0 spiro atoms. The fraction of sp³-hybridized carbons (Fsp3) is 0.643. The molecule has 1 N–H and O–H groups in total. The number of nitrogens with zero attached hydrogens (tertiary/aromatic N) is 1. The molecule has 1 saturated heterocycles. The molecule has 18 heavy (non-hydrogen) atoms. The van der Waals surface area contributed by atoms with Gasteiger partial charge in [0, 0.05) is 19.5 Å². The van der Waals surface area contributed by atoms with E-state index in [1.807, 2.05) is 18.9 Å². The maximum atomic E-state index is 12.4. The number of nitrogens with one attached hydrogen (secondary N) is 1. The molecule has 1 aromatic heterocycles. The van der Waals surface area contributed by atoms with Crippen molar-refractivity contribution in [3.63, 3.8) is 0 Å². The van der Waals surface area contributed by atoms with Crippen molar-refractivity contribution in [3.05, 3.63) is 23.7 Å². The number of amides is 1. The van der Waals surface area contributed by atoms with Gasteiger partial charge in [0.2, 0.25) is 0 Å². The summed E-state index contributed by atoms with van der Waals surface area (Å²) in [7, 11) is 1.96. The van der Waals surface area contributed by atoms with Crippen molar-refractivity contribution in [1.29, 1.82) is 0 Å². The van der Waals surface area contributed by atoms with E-state index in [4.69, 9.17) is 4.42 Å². The first kappa shape index (κ1) is 13.1. The largest absolute Gasteiger partial charge is 0.469 e. The Morgan fingerprint density at radius 3 is 3.17 bits per heavy atom. The second kappa shape index (κ2) is 6.05. The first-order valence-corrected chi connectivity index (χ1v) is 6.76. The van der Waals surface area contributed by atoms with E-state index in [0.29, 0.717) is 5.92 Å². The Morgan fingerprint density at radius 2 is 2.44 bits per heavy atom. The van der Waals surface area contributed by atoms with Crippen LogP contribution in [0.4, 0.5) is 0 Å². The van der Waals surface area contributed by atoms with Gasteiger partial charge in [-0.05, 0) is 38.4 Å². The summed E-state index contributed by atoms with van der Waals surface area (Å²) < 4.78 is 5.34. The molecule has 1 fully saturated rings. The molecule has 0 saturated carbocycles. The average molecular weight is 250 g/mol. The number of piperidine rings is 1. The van der Waals surface area contributed by atoms with Gasteiger partial charge in [0.05, 0.1) is 11.8 Å². The third-order valence-electron chi connectivity index (χ3n) is 3.60. The van der Waals surface area contributed by atoms with E-state index in [9.17, 15) is 4.79 Å². The van der Waals surface area contributed by atoms with Crippen molar-refractivity contribution in [3.8, 4) is 0 Å². The van der Waals surface area contributed by atoms with Crippen LogP contribution in [0, 0.1) is 5.92 Å². The monoisotopic (exact) mass is 250 g/mol. The molecular formula is C14H22N2O2. The molecule has 2 rings (SSSR count). The summed E-state index contributed by atoms with van der Waals surface area (Å²) in [5.74, 6) is 1.50. The van der Waals surface area contributed by atoms with Gasteiger partial charge in [-0.15, -0.1) is 0 Å². The van der Waals surface area contributed by atoms with Gasteiger partial charge in [0.1, 0.15) is 5.76 Å². The molecular weight excluding hydrogens is 228 g/mol. The van der Waals surface area contributed by atoms with Crippen LogP contribution in [0.3, 0.4) is 0 Å². The number of aryl methyl sites for hydroxylation is 1. The SMILES string of the molecule is CCc1occc1C(=O)N1CCCC(CNC)C1. The van der Waals surface area contributed by atoms with E-state index in [0.717, 1.165) is 43.8 Å². The van der Waals surface area contributed by atoms with Gasteiger partial charge in [-0.2, -0.15) is 0 Å². The number of carbonyl (C=O) groups excluding carboxylic acids is 1. The highest BCUT2D eigenvalue weighted by Gasteiger charge is 2.26. The van der Waals surface area contributed by atoms with Crippen LogP contribution in [-0.4, -0.2) is 37.5 Å². The highest BCUT2D eigenvalue weighted by molar-refractivity contribution is 5.95. The van der Waals surface area contributed by atoms with Crippen LogP contribution in [0.1, 0.15) is 35.9 Å². The zero-order valence-corrected chi connectivity index (χ0v) is 11.2. The molecule has 4 heteroatoms. The standard InChI is InChI=1S/C14H22N2O2/c1-3-13-12(6-8-18-13)14(17)16-7-4-5-11(10-16)9-15-2/h6,8,11,15H,3-5,7,9-10H2,1-2H3. The summed E-state index contributed by atoms with van der Waals surface area (Å²) in [6.07, 6.45) is 4.68. The van der Waals surface area contributed by atoms with Gasteiger partial charge in [-0.1, -0.05) is 6.92 Å². The topological polar surface area (TPSA) is 45.5 Å². The highest BCUT2D eigenvalue weighted by Crippen LogP contribution is 2.20. The van der Waals surface area contributed by atoms with E-state index < -0.39 is 0 Å². The van der Waals surface area contributed by atoms with Crippen molar-refractivity contribution in [2.45, 2.75) is 26.2 Å². The maximum absolute atomic E-state index is 12.4. The Balaban J connectivity index is 2.04. The highest BCUT2D eigenvalue weighted by atomic mass is 16.3. The van der Waals surface area contributed by atoms with Gasteiger partial charge in [0.25, 0.3) is 5.91 Å². The van der Waals surface area contributed by atoms with Crippen LogP contribution in [0.25, 0.3) is 0 Å². The second-order valence-corrected chi connectivity index (χ2v) is 4.93. The lowest BCUT2D eigenvalue weighted by Crippen LogP contribution is -2.42. The quantitative estimate of drug-likeness (QED) is 0.888. The number of hydrogen-bond donors (Lipinski definition) is 1. The summed E-state index contributed by atoms with van der Waals surface area (Å²) in [6.45, 7) is 4.72. The Kier molecular flexibility index (Phi) is 4.42. The molecule has 0 radical (unpaired) electrons. The summed E-state index contributed by atoms with van der Waals surface area (Å²) in [5.41, 5.74) is 0.739. The van der Waals surface area contributed by atoms with E-state index in [-0.39, 0.29) is 5.91 Å². The van der Waals surface area contributed by atoms with Gasteiger partial charge < -0.3 is 14.6 Å². The number of rotatable bonds is 4. The molecule has 0 bridgehead atoms. The zero-order chi connectivity index (χ0) is 13.0. The molecule has 1 amide bonds. The van der Waals surface area contributed by atoms with Crippen LogP contribution in [-0.2, 0) is 6.42 Å². The Hall–Kier alpha value is -1.29. The molecule has 1 aliphatic rings. The minimum Gasteiger partial charge on any atom is -0.469 e. The summed E-state index contributed by atoms with van der Waals surface area (Å²) >= 11 is 0. The molecule has 4 nitrogen and oxygen atoms in total. The van der Waals surface area contributed by atoms with Gasteiger partial charge in [-0.25, -0.2) is 0 Å². The summed E-state index contributed by atoms with van der Waals surface area (Å²) in [6, 6.07) is 1.79. The van der Waals surface area contributed by atoms with Crippen LogP contribution in [0.5, 0.6) is 0 Å². The van der Waals surface area contributed by atoms with Crippen LogP contribution < -0.4 is 5.32 Å². The normalized spacial score (nSPS) is 20.1. The lowest BCUT2D eigenvalue weighted by molar-refractivity contribution is 0.0672. The van der Waals surface area contributed by atoms with E-state index in [1.165, 1.54) is 6.42 Å². The zero-order valence-electron chi connectivity index (χ0n) is 11.2. The fourth-order valence-electron chi connectivity index (χ4n) is 2.68. The molecule has 1 aromatic rings. The average Bonchev–Trinajstić information content (AvgIpc) is 2.87. The van der Waals surface area contributed by atoms with Crippen molar-refractivity contribution >= 4 is 5.91 Å². The fourth-order valence-corrected chi connectivity index (χ4v) is 2.68. The van der Waals surface area contributed by atoms with Crippen LogP contribution >= 0.6 is 0 Å². The predicted molar refractivity (Wildman–Crippen MR) is 70.6 cm³/mol. The summed E-state index contributed by atoms with van der Waals surface area (Å²) in [5, 5.41) is 3.20. The summed E-state index contributed by atoms with van der Waals surface area (Å²) in [4.78, 5) is 14.4. The third kappa shape index (κ3) is 2.75. The smallest absolute Gasteiger partial charge is 0.257 e. The minimum absolute atomic E-state index is 0.126. The van der Waals surface area contributed by atoms with E-state index in [2.05, 4.69) is 5.32 Å². The molecule has 1 unspecified atom stereocenters. The number of carbonyl (C=O) groups is 1. The van der Waals surface area contributed by atoms with Crippen LogP contribution in [0.15, 0.2) is 16.7 Å². The third-order valence-corrected chi connectivity index (χ3v) is 3.60. The number of likely N-dealkylation sites (tertiary alicyclic amines) is 1. The van der Waals surface area contributed by atoms with Gasteiger partial charge in [-0.3, -0.25) is 4.79 Å². The minimum atomic E-state index is 0.126. The van der Waals surface area contributed by atoms with Crippen molar-refractivity contribution in [2.75, 3.05) is 26.7 Å². The van der Waals surface area contributed by atoms with Crippen molar-refractivity contribution < 1.29 is 9.21 Å². The molecule has 0 aromatic carbocycles. The predicted octanol–water partition coefficient (Wildman–Crippen LogP) is 1.91. The maximum Gasteiger partial charge on any atom is 0.257 e. The van der Waals surface area contributed by atoms with Crippen molar-refractivity contribution in [2.24, 2.45) is 5.92 Å². The molecule has 2 heterocycles. The first-order valence-electron chi connectivity index (χ1n) is 6.76. The lowest BCUT2D eigenvalue weighted by atomic mass is 9.97. The van der Waals surface area contributed by atoms with E-state index >= 15 is 0 Å². The second-order valence-electron chi connectivity index (χ2n) is 4.93.